The molecule has 0 radical (unpaired) electrons. The zero-order valence-electron chi connectivity index (χ0n) is 11.2. The molecule has 0 amide bonds. The van der Waals surface area contributed by atoms with E-state index in [1.165, 1.54) is 25.3 Å². The molecule has 1 aromatic heterocycles. The second-order valence-corrected chi connectivity index (χ2v) is 5.10. The summed E-state index contributed by atoms with van der Waals surface area (Å²) >= 11 is 3.27. The lowest BCUT2D eigenvalue weighted by Crippen LogP contribution is -2.06. The first-order valence-electron chi connectivity index (χ1n) is 5.99. The summed E-state index contributed by atoms with van der Waals surface area (Å²) in [5.41, 5.74) is 0.0818. The number of methoxy groups -OCH3 is 1. The van der Waals surface area contributed by atoms with Crippen LogP contribution < -0.4 is 5.32 Å². The highest BCUT2D eigenvalue weighted by atomic mass is 79.9. The van der Waals surface area contributed by atoms with Crippen molar-refractivity contribution >= 4 is 33.4 Å². The van der Waals surface area contributed by atoms with Gasteiger partial charge >= 0.3 is 12.1 Å². The highest BCUT2D eigenvalue weighted by molar-refractivity contribution is 9.10. The van der Waals surface area contributed by atoms with E-state index in [0.717, 1.165) is 12.3 Å². The average molecular weight is 375 g/mol. The molecule has 22 heavy (non-hydrogen) atoms. The Morgan fingerprint density at radius 2 is 2.00 bits per heavy atom. The van der Waals surface area contributed by atoms with Crippen LogP contribution in [0.25, 0.3) is 0 Å². The van der Waals surface area contributed by atoms with Crippen molar-refractivity contribution in [3.63, 3.8) is 0 Å². The number of hydrogen-bond donors (Lipinski definition) is 1. The molecule has 0 atom stereocenters. The van der Waals surface area contributed by atoms with Gasteiger partial charge in [0.05, 0.1) is 23.9 Å². The van der Waals surface area contributed by atoms with Gasteiger partial charge in [-0.1, -0.05) is 0 Å². The first kappa shape index (κ1) is 16.3. The number of nitrogens with one attached hydrogen (secondary N) is 1. The van der Waals surface area contributed by atoms with E-state index >= 15 is 0 Å². The first-order valence-corrected chi connectivity index (χ1v) is 6.78. The lowest BCUT2D eigenvalue weighted by Gasteiger charge is -2.10. The number of hydrogen-bond acceptors (Lipinski definition) is 4. The van der Waals surface area contributed by atoms with Gasteiger partial charge in [0.2, 0.25) is 0 Å². The van der Waals surface area contributed by atoms with Crippen LogP contribution in [0, 0.1) is 0 Å². The SMILES string of the molecule is COC(=O)c1ccc(Nc2ccc(C(F)(F)F)cn2)c(Br)c1. The molecule has 1 N–H and O–H groups in total. The fourth-order valence-corrected chi connectivity index (χ4v) is 2.11. The molecule has 2 rings (SSSR count). The second-order valence-electron chi connectivity index (χ2n) is 4.24. The molecule has 116 valence electrons. The number of nitrogens with zero attached hydrogens (tertiary/aromatic N) is 1. The van der Waals surface area contributed by atoms with Crippen LogP contribution in [0.15, 0.2) is 41.0 Å². The molecular formula is C14H10BrF3N2O2. The maximum atomic E-state index is 12.5. The number of pyridine rings is 1. The maximum absolute atomic E-state index is 12.5. The van der Waals surface area contributed by atoms with Gasteiger partial charge in [0.1, 0.15) is 5.82 Å². The molecule has 0 spiro atoms. The Kier molecular flexibility index (Phi) is 4.70. The van der Waals surface area contributed by atoms with Crippen molar-refractivity contribution in [1.29, 1.82) is 0 Å². The van der Waals surface area contributed by atoms with Crippen LogP contribution in [-0.4, -0.2) is 18.1 Å². The summed E-state index contributed by atoms with van der Waals surface area (Å²) in [4.78, 5) is 15.1. The zero-order valence-corrected chi connectivity index (χ0v) is 12.8. The van der Waals surface area contributed by atoms with Crippen molar-refractivity contribution in [2.24, 2.45) is 0 Å². The van der Waals surface area contributed by atoms with Crippen LogP contribution in [0.4, 0.5) is 24.7 Å². The normalized spacial score (nSPS) is 11.1. The number of rotatable bonds is 3. The quantitative estimate of drug-likeness (QED) is 0.809. The molecular weight excluding hydrogens is 365 g/mol. The third-order valence-electron chi connectivity index (χ3n) is 2.74. The van der Waals surface area contributed by atoms with Crippen LogP contribution >= 0.6 is 15.9 Å². The number of anilines is 2. The van der Waals surface area contributed by atoms with E-state index < -0.39 is 17.7 Å². The molecule has 0 fully saturated rings. The number of carbonyl (C=O) groups is 1. The van der Waals surface area contributed by atoms with Crippen molar-refractivity contribution in [3.8, 4) is 0 Å². The van der Waals surface area contributed by atoms with Crippen molar-refractivity contribution in [1.82, 2.24) is 4.98 Å². The van der Waals surface area contributed by atoms with Gasteiger partial charge in [-0.25, -0.2) is 9.78 Å². The van der Waals surface area contributed by atoms with Gasteiger partial charge in [-0.05, 0) is 46.3 Å². The number of halogens is 4. The predicted molar refractivity (Wildman–Crippen MR) is 78.0 cm³/mol. The largest absolute Gasteiger partial charge is 0.465 e. The number of carbonyl (C=O) groups excluding carboxylic acids is 1. The standard InChI is InChI=1S/C14H10BrF3N2O2/c1-22-13(21)8-2-4-11(10(15)6-8)20-12-5-3-9(7-19-12)14(16,17)18/h2-7H,1H3,(H,19,20). The van der Waals surface area contributed by atoms with Crippen molar-refractivity contribution < 1.29 is 22.7 Å². The molecule has 1 heterocycles. The third kappa shape index (κ3) is 3.76. The predicted octanol–water partition coefficient (Wildman–Crippen LogP) is 4.39. The Bertz CT molecular complexity index is 687. The van der Waals surface area contributed by atoms with E-state index in [2.05, 4.69) is 31.0 Å². The maximum Gasteiger partial charge on any atom is 0.417 e. The summed E-state index contributed by atoms with van der Waals surface area (Å²) in [5.74, 6) is -0.237. The summed E-state index contributed by atoms with van der Waals surface area (Å²) < 4.78 is 42.5. The van der Waals surface area contributed by atoms with Gasteiger partial charge < -0.3 is 10.1 Å². The molecule has 0 unspecified atom stereocenters. The van der Waals surface area contributed by atoms with Crippen LogP contribution in [0.1, 0.15) is 15.9 Å². The third-order valence-corrected chi connectivity index (χ3v) is 3.40. The Balaban J connectivity index is 2.19. The summed E-state index contributed by atoms with van der Waals surface area (Å²) in [6.45, 7) is 0. The number of benzene rings is 1. The van der Waals surface area contributed by atoms with E-state index in [0.29, 0.717) is 15.7 Å². The summed E-state index contributed by atoms with van der Waals surface area (Å²) in [6, 6.07) is 6.83. The van der Waals surface area contributed by atoms with Crippen LogP contribution in [-0.2, 0) is 10.9 Å². The highest BCUT2D eigenvalue weighted by Gasteiger charge is 2.30. The van der Waals surface area contributed by atoms with Gasteiger partial charge in [0.15, 0.2) is 0 Å². The Morgan fingerprint density at radius 1 is 1.27 bits per heavy atom. The van der Waals surface area contributed by atoms with Crippen molar-refractivity contribution in [2.75, 3.05) is 12.4 Å². The molecule has 0 saturated heterocycles. The molecule has 0 aliphatic rings. The van der Waals surface area contributed by atoms with Crippen LogP contribution in [0.2, 0.25) is 0 Å². The second kappa shape index (κ2) is 6.35. The molecule has 8 heteroatoms. The van der Waals surface area contributed by atoms with Crippen molar-refractivity contribution in [2.45, 2.75) is 6.18 Å². The van der Waals surface area contributed by atoms with E-state index in [4.69, 9.17) is 0 Å². The lowest BCUT2D eigenvalue weighted by atomic mass is 10.2. The number of aromatic nitrogens is 1. The van der Waals surface area contributed by atoms with E-state index in [9.17, 15) is 18.0 Å². The van der Waals surface area contributed by atoms with Crippen molar-refractivity contribution in [3.05, 3.63) is 52.1 Å². The van der Waals surface area contributed by atoms with Gasteiger partial charge in [-0.2, -0.15) is 13.2 Å². The Morgan fingerprint density at radius 3 is 2.50 bits per heavy atom. The minimum Gasteiger partial charge on any atom is -0.465 e. The Labute approximate surface area is 132 Å². The molecule has 0 saturated carbocycles. The van der Waals surface area contributed by atoms with Crippen LogP contribution in [0.3, 0.4) is 0 Å². The fraction of sp³-hybridized carbons (Fsp3) is 0.143. The smallest absolute Gasteiger partial charge is 0.417 e. The van der Waals surface area contributed by atoms with E-state index in [1.807, 2.05) is 0 Å². The number of esters is 1. The summed E-state index contributed by atoms with van der Waals surface area (Å²) in [7, 11) is 1.27. The van der Waals surface area contributed by atoms with Gasteiger partial charge in [0.25, 0.3) is 0 Å². The minimum atomic E-state index is -4.42. The average Bonchev–Trinajstić information content (AvgIpc) is 2.48. The van der Waals surface area contributed by atoms with E-state index in [-0.39, 0.29) is 5.82 Å². The minimum absolute atomic E-state index is 0.250. The number of alkyl halides is 3. The molecule has 0 bridgehead atoms. The van der Waals surface area contributed by atoms with Gasteiger partial charge in [-0.15, -0.1) is 0 Å². The topological polar surface area (TPSA) is 51.2 Å². The molecule has 4 nitrogen and oxygen atoms in total. The summed E-state index contributed by atoms with van der Waals surface area (Å²) in [6.07, 6.45) is -3.67. The number of ether oxygens (including phenoxy) is 1. The first-order chi connectivity index (χ1) is 10.3. The van der Waals surface area contributed by atoms with Gasteiger partial charge in [0, 0.05) is 10.7 Å². The van der Waals surface area contributed by atoms with Crippen LogP contribution in [0.5, 0.6) is 0 Å². The summed E-state index contributed by atoms with van der Waals surface area (Å²) in [5, 5.41) is 2.86. The van der Waals surface area contributed by atoms with E-state index in [1.54, 1.807) is 6.07 Å². The molecule has 0 aliphatic heterocycles. The monoisotopic (exact) mass is 374 g/mol. The zero-order chi connectivity index (χ0) is 16.3. The lowest BCUT2D eigenvalue weighted by molar-refractivity contribution is -0.137. The fourth-order valence-electron chi connectivity index (χ4n) is 1.63. The molecule has 0 aliphatic carbocycles. The highest BCUT2D eigenvalue weighted by Crippen LogP contribution is 2.30. The van der Waals surface area contributed by atoms with Gasteiger partial charge in [-0.3, -0.25) is 0 Å². The Hall–Kier alpha value is -2.09. The molecule has 1 aromatic carbocycles. The molecule has 2 aromatic rings.